The number of carbonyl (C=O) groups excluding carboxylic acids is 1. The molecule has 0 atom stereocenters. The van der Waals surface area contributed by atoms with E-state index in [0.29, 0.717) is 22.1 Å². The molecule has 0 saturated carbocycles. The molecule has 1 N–H and O–H groups in total. The van der Waals surface area contributed by atoms with Gasteiger partial charge in [0.15, 0.2) is 5.82 Å². The Balaban J connectivity index is 1.63. The minimum atomic E-state index is -4.64. The van der Waals surface area contributed by atoms with E-state index in [4.69, 9.17) is 4.74 Å². The molecule has 4 aromatic rings. The topological polar surface area (TPSA) is 81.4 Å². The fourth-order valence-electron chi connectivity index (χ4n) is 2.68. The Bertz CT molecular complexity index is 1180. The summed E-state index contributed by atoms with van der Waals surface area (Å²) in [7, 11) is 1.55. The van der Waals surface area contributed by atoms with E-state index in [1.54, 1.807) is 31.4 Å². The minimum absolute atomic E-state index is 0.103. The van der Waals surface area contributed by atoms with Crippen LogP contribution in [0.2, 0.25) is 0 Å². The van der Waals surface area contributed by atoms with Crippen LogP contribution in [0.1, 0.15) is 15.9 Å². The molecule has 0 fully saturated rings. The van der Waals surface area contributed by atoms with Gasteiger partial charge in [-0.05, 0) is 36.4 Å². The van der Waals surface area contributed by atoms with Crippen LogP contribution in [0.4, 0.5) is 18.3 Å². The van der Waals surface area contributed by atoms with Crippen molar-refractivity contribution < 1.29 is 22.7 Å². The molecule has 0 aliphatic rings. The summed E-state index contributed by atoms with van der Waals surface area (Å²) in [6.45, 7) is 0. The normalized spacial score (nSPS) is 11.6. The fourth-order valence-corrected chi connectivity index (χ4v) is 3.41. The van der Waals surface area contributed by atoms with Gasteiger partial charge in [-0.1, -0.05) is 23.5 Å². The van der Waals surface area contributed by atoms with Gasteiger partial charge >= 0.3 is 6.18 Å². The number of nitrogens with one attached hydrogen (secondary N) is 1. The summed E-state index contributed by atoms with van der Waals surface area (Å²) < 4.78 is 45.9. The molecular weight excluding hydrogens is 407 g/mol. The van der Waals surface area contributed by atoms with Gasteiger partial charge in [0.1, 0.15) is 5.75 Å². The Morgan fingerprint density at radius 2 is 1.83 bits per heavy atom. The molecule has 0 radical (unpaired) electrons. The lowest BCUT2D eigenvalue weighted by Crippen LogP contribution is -2.18. The summed E-state index contributed by atoms with van der Waals surface area (Å²) in [6, 6.07) is 11.6. The zero-order valence-electron chi connectivity index (χ0n) is 14.8. The van der Waals surface area contributed by atoms with Crippen LogP contribution in [0.25, 0.3) is 16.3 Å². The van der Waals surface area contributed by atoms with Crippen LogP contribution in [-0.2, 0) is 6.18 Å². The Morgan fingerprint density at radius 3 is 2.52 bits per heavy atom. The number of halogens is 3. The van der Waals surface area contributed by atoms with Crippen LogP contribution >= 0.6 is 11.3 Å². The first-order valence-corrected chi connectivity index (χ1v) is 9.02. The highest BCUT2D eigenvalue weighted by molar-refractivity contribution is 7.20. The molecule has 1 amide bonds. The molecule has 0 aliphatic heterocycles. The molecule has 2 aromatic heterocycles. The molecule has 2 aromatic carbocycles. The van der Waals surface area contributed by atoms with E-state index in [0.717, 1.165) is 23.5 Å². The van der Waals surface area contributed by atoms with Gasteiger partial charge in [0, 0.05) is 5.56 Å². The Labute approximate surface area is 165 Å². The maximum absolute atomic E-state index is 13.1. The lowest BCUT2D eigenvalue weighted by Gasteiger charge is -2.11. The third-order valence-electron chi connectivity index (χ3n) is 4.04. The predicted molar refractivity (Wildman–Crippen MR) is 100 cm³/mol. The summed E-state index contributed by atoms with van der Waals surface area (Å²) in [5.41, 5.74) is -0.787. The number of rotatable bonds is 4. The highest BCUT2D eigenvalue weighted by Gasteiger charge is 2.35. The molecule has 0 unspecified atom stereocenters. The van der Waals surface area contributed by atoms with Crippen molar-refractivity contribution in [3.63, 3.8) is 0 Å². The summed E-state index contributed by atoms with van der Waals surface area (Å²) in [4.78, 5) is 12.8. The second kappa shape index (κ2) is 7.17. The molecule has 11 heteroatoms. The number of hydrogen-bond acceptors (Lipinski definition) is 6. The molecule has 2 heterocycles. The van der Waals surface area contributed by atoms with Crippen molar-refractivity contribution in [2.75, 3.05) is 12.4 Å². The monoisotopic (exact) mass is 419 g/mol. The molecule has 4 rings (SSSR count). The summed E-state index contributed by atoms with van der Waals surface area (Å²) in [6.07, 6.45) is -4.64. The zero-order chi connectivity index (χ0) is 20.6. The third-order valence-corrected chi connectivity index (χ3v) is 4.85. The second-order valence-corrected chi connectivity index (χ2v) is 6.81. The first-order valence-electron chi connectivity index (χ1n) is 8.21. The Morgan fingerprint density at radius 1 is 1.10 bits per heavy atom. The van der Waals surface area contributed by atoms with Gasteiger partial charge in [0.25, 0.3) is 5.91 Å². The molecule has 7 nitrogen and oxygen atoms in total. The molecule has 0 spiro atoms. The maximum Gasteiger partial charge on any atom is 0.417 e. The number of hydrogen-bond donors (Lipinski definition) is 1. The average Bonchev–Trinajstić information content (AvgIpc) is 3.27. The predicted octanol–water partition coefficient (Wildman–Crippen LogP) is 4.13. The molecule has 29 heavy (non-hydrogen) atoms. The summed E-state index contributed by atoms with van der Waals surface area (Å²) in [5, 5.41) is 14.8. The van der Waals surface area contributed by atoms with Crippen LogP contribution in [0.15, 0.2) is 48.5 Å². The Kier molecular flexibility index (Phi) is 4.66. The summed E-state index contributed by atoms with van der Waals surface area (Å²) in [5.74, 6) is 0.188. The SMILES string of the molecule is COc1ccc(-c2nnc3sc(NC(=O)c4ccccc4C(F)(F)F)nn23)cc1. The van der Waals surface area contributed by atoms with Crippen LogP contribution in [0.5, 0.6) is 5.75 Å². The minimum Gasteiger partial charge on any atom is -0.497 e. The van der Waals surface area contributed by atoms with Crippen molar-refractivity contribution in [1.29, 1.82) is 0 Å². The van der Waals surface area contributed by atoms with Gasteiger partial charge < -0.3 is 4.74 Å². The third kappa shape index (κ3) is 3.63. The van der Waals surface area contributed by atoms with Gasteiger partial charge in [0.2, 0.25) is 10.1 Å². The highest BCUT2D eigenvalue weighted by atomic mass is 32.1. The van der Waals surface area contributed by atoms with E-state index in [9.17, 15) is 18.0 Å². The van der Waals surface area contributed by atoms with Crippen LogP contribution < -0.4 is 10.1 Å². The highest BCUT2D eigenvalue weighted by Crippen LogP contribution is 2.32. The number of methoxy groups -OCH3 is 1. The number of aromatic nitrogens is 4. The van der Waals surface area contributed by atoms with Gasteiger partial charge in [-0.15, -0.1) is 15.3 Å². The van der Waals surface area contributed by atoms with Gasteiger partial charge in [-0.2, -0.15) is 17.7 Å². The average molecular weight is 419 g/mol. The first kappa shape index (κ1) is 18.9. The van der Waals surface area contributed by atoms with E-state index in [2.05, 4.69) is 20.6 Å². The number of carbonyl (C=O) groups is 1. The second-order valence-electron chi connectivity index (χ2n) is 5.85. The molecular formula is C18H12F3N5O2S. The van der Waals surface area contributed by atoms with Crippen molar-refractivity contribution in [1.82, 2.24) is 19.8 Å². The smallest absolute Gasteiger partial charge is 0.417 e. The van der Waals surface area contributed by atoms with E-state index in [-0.39, 0.29) is 5.13 Å². The Hall–Kier alpha value is -3.47. The van der Waals surface area contributed by atoms with E-state index < -0.39 is 23.2 Å². The largest absolute Gasteiger partial charge is 0.497 e. The maximum atomic E-state index is 13.1. The molecule has 0 aliphatic carbocycles. The number of alkyl halides is 3. The van der Waals surface area contributed by atoms with Crippen molar-refractivity contribution >= 4 is 27.3 Å². The van der Waals surface area contributed by atoms with Crippen molar-refractivity contribution in [2.45, 2.75) is 6.18 Å². The standard InChI is InChI=1S/C18H12F3N5O2S/c1-28-11-8-6-10(7-9-11)14-23-24-17-26(14)25-16(29-17)22-15(27)12-4-2-3-5-13(12)18(19,20)21/h2-9H,1H3,(H,22,25,27). The molecule has 0 bridgehead atoms. The van der Waals surface area contributed by atoms with E-state index in [1.807, 2.05) is 0 Å². The lowest BCUT2D eigenvalue weighted by molar-refractivity contribution is -0.137. The number of amides is 1. The zero-order valence-corrected chi connectivity index (χ0v) is 15.6. The van der Waals surface area contributed by atoms with Crippen molar-refractivity contribution in [3.8, 4) is 17.1 Å². The fraction of sp³-hybridized carbons (Fsp3) is 0.111. The molecule has 148 valence electrons. The number of nitrogens with zero attached hydrogens (tertiary/aromatic N) is 4. The van der Waals surface area contributed by atoms with Gasteiger partial charge in [-0.25, -0.2) is 0 Å². The van der Waals surface area contributed by atoms with Crippen LogP contribution in [0, 0.1) is 0 Å². The van der Waals surface area contributed by atoms with E-state index >= 15 is 0 Å². The van der Waals surface area contributed by atoms with Crippen molar-refractivity contribution in [3.05, 3.63) is 59.7 Å². The number of fused-ring (bicyclic) bond motifs is 1. The van der Waals surface area contributed by atoms with Crippen molar-refractivity contribution in [2.24, 2.45) is 0 Å². The van der Waals surface area contributed by atoms with Crippen LogP contribution in [0.3, 0.4) is 0 Å². The quantitative estimate of drug-likeness (QED) is 0.538. The van der Waals surface area contributed by atoms with Gasteiger partial charge in [0.05, 0.1) is 18.2 Å². The van der Waals surface area contributed by atoms with Gasteiger partial charge in [-0.3, -0.25) is 10.1 Å². The summed E-state index contributed by atoms with van der Waals surface area (Å²) >= 11 is 0.997. The molecule has 0 saturated heterocycles. The van der Waals surface area contributed by atoms with E-state index in [1.165, 1.54) is 16.6 Å². The number of benzene rings is 2. The first-order chi connectivity index (χ1) is 13.9. The number of ether oxygens (including phenoxy) is 1. The number of anilines is 1. The lowest BCUT2D eigenvalue weighted by atomic mass is 10.1. The van der Waals surface area contributed by atoms with Crippen LogP contribution in [-0.4, -0.2) is 32.8 Å².